The van der Waals surface area contributed by atoms with Crippen molar-refractivity contribution in [3.05, 3.63) is 62.0 Å². The van der Waals surface area contributed by atoms with Crippen molar-refractivity contribution in [3.63, 3.8) is 0 Å². The van der Waals surface area contributed by atoms with E-state index < -0.39 is 0 Å². The van der Waals surface area contributed by atoms with E-state index in [0.29, 0.717) is 16.7 Å². The molecule has 2 aromatic rings. The smallest absolute Gasteiger partial charge is 0.124 e. The second-order valence-corrected chi connectivity index (χ2v) is 7.80. The fourth-order valence-corrected chi connectivity index (χ4v) is 3.31. The van der Waals surface area contributed by atoms with Crippen molar-refractivity contribution in [1.29, 1.82) is 0 Å². The lowest BCUT2D eigenvalue weighted by Gasteiger charge is -2.15. The largest absolute Gasteiger partial charge is 0.488 e. The van der Waals surface area contributed by atoms with Crippen LogP contribution in [0.2, 0.25) is 10.0 Å². The standard InChI is InChI=1S/C19H23BrCl2N2O/c1-24(2)10-4-9-23-12-14-11-15(20)7-8-19(14)25-13-16-17(21)5-3-6-18(16)22/h3,5-8,11,23H,4,9-10,12-13H2,1-2H3. The lowest BCUT2D eigenvalue weighted by atomic mass is 10.2. The van der Waals surface area contributed by atoms with Crippen LogP contribution in [0.15, 0.2) is 40.9 Å². The third kappa shape index (κ3) is 6.80. The van der Waals surface area contributed by atoms with E-state index in [2.05, 4.69) is 46.3 Å². The van der Waals surface area contributed by atoms with Crippen molar-refractivity contribution in [2.75, 3.05) is 27.2 Å². The summed E-state index contributed by atoms with van der Waals surface area (Å²) in [6.07, 6.45) is 1.10. The summed E-state index contributed by atoms with van der Waals surface area (Å²) in [6.45, 7) is 3.12. The van der Waals surface area contributed by atoms with Crippen molar-refractivity contribution < 1.29 is 4.74 Å². The summed E-state index contributed by atoms with van der Waals surface area (Å²) in [5, 5.41) is 4.70. The molecule has 2 rings (SSSR count). The highest BCUT2D eigenvalue weighted by molar-refractivity contribution is 9.10. The Morgan fingerprint density at radius 2 is 1.84 bits per heavy atom. The Balaban J connectivity index is 1.98. The van der Waals surface area contributed by atoms with Gasteiger partial charge in [0.1, 0.15) is 12.4 Å². The SMILES string of the molecule is CN(C)CCCNCc1cc(Br)ccc1OCc1c(Cl)cccc1Cl. The second-order valence-electron chi connectivity index (χ2n) is 6.07. The van der Waals surface area contributed by atoms with Gasteiger partial charge in [0.2, 0.25) is 0 Å². The van der Waals surface area contributed by atoms with Crippen molar-refractivity contribution in [2.24, 2.45) is 0 Å². The van der Waals surface area contributed by atoms with E-state index in [4.69, 9.17) is 27.9 Å². The average Bonchev–Trinajstić information content (AvgIpc) is 2.55. The van der Waals surface area contributed by atoms with Crippen LogP contribution in [0.25, 0.3) is 0 Å². The molecule has 25 heavy (non-hydrogen) atoms. The van der Waals surface area contributed by atoms with Crippen molar-refractivity contribution in [1.82, 2.24) is 10.2 Å². The van der Waals surface area contributed by atoms with E-state index in [1.165, 1.54) is 0 Å². The molecule has 2 aromatic carbocycles. The summed E-state index contributed by atoms with van der Waals surface area (Å²) in [7, 11) is 4.17. The Morgan fingerprint density at radius 1 is 1.12 bits per heavy atom. The first-order valence-corrected chi connectivity index (χ1v) is 9.72. The minimum Gasteiger partial charge on any atom is -0.488 e. The molecule has 0 spiro atoms. The second kappa shape index (κ2) is 10.4. The Labute approximate surface area is 168 Å². The third-order valence-electron chi connectivity index (χ3n) is 3.73. The molecule has 0 aromatic heterocycles. The summed E-state index contributed by atoms with van der Waals surface area (Å²) in [5.74, 6) is 0.833. The fourth-order valence-electron chi connectivity index (χ4n) is 2.39. The number of nitrogens with zero attached hydrogens (tertiary/aromatic N) is 1. The summed E-state index contributed by atoms with van der Waals surface area (Å²) in [6, 6.07) is 11.5. The molecule has 3 nitrogen and oxygen atoms in total. The molecule has 0 atom stereocenters. The summed E-state index contributed by atoms with van der Waals surface area (Å²) in [5.41, 5.74) is 1.90. The number of hydrogen-bond acceptors (Lipinski definition) is 3. The van der Waals surface area contributed by atoms with E-state index in [9.17, 15) is 0 Å². The Hall–Kier alpha value is -0.780. The van der Waals surface area contributed by atoms with Gasteiger partial charge in [-0.05, 0) is 63.9 Å². The van der Waals surface area contributed by atoms with Crippen LogP contribution in [0.4, 0.5) is 0 Å². The molecule has 1 N–H and O–H groups in total. The molecule has 0 aliphatic heterocycles. The van der Waals surface area contributed by atoms with Gasteiger partial charge in [-0.2, -0.15) is 0 Å². The van der Waals surface area contributed by atoms with Crippen LogP contribution in [0.3, 0.4) is 0 Å². The van der Waals surface area contributed by atoms with Crippen LogP contribution < -0.4 is 10.1 Å². The topological polar surface area (TPSA) is 24.5 Å². The molecule has 0 amide bonds. The van der Waals surface area contributed by atoms with Crippen molar-refractivity contribution >= 4 is 39.1 Å². The zero-order valence-corrected chi connectivity index (χ0v) is 17.6. The Morgan fingerprint density at radius 3 is 2.52 bits per heavy atom. The van der Waals surface area contributed by atoms with Crippen LogP contribution in [-0.4, -0.2) is 32.1 Å². The van der Waals surface area contributed by atoms with Gasteiger partial charge in [0.05, 0.1) is 0 Å². The minimum absolute atomic E-state index is 0.341. The summed E-state index contributed by atoms with van der Waals surface area (Å²) in [4.78, 5) is 2.18. The maximum Gasteiger partial charge on any atom is 0.124 e. The molecule has 0 aliphatic rings. The number of nitrogens with one attached hydrogen (secondary N) is 1. The summed E-state index contributed by atoms with van der Waals surface area (Å²) < 4.78 is 7.03. The molecule has 0 aliphatic carbocycles. The van der Waals surface area contributed by atoms with Gasteiger partial charge >= 0.3 is 0 Å². The minimum atomic E-state index is 0.341. The normalized spacial score (nSPS) is 11.1. The molecular weight excluding hydrogens is 423 g/mol. The predicted octanol–water partition coefficient (Wildman–Crippen LogP) is 5.38. The average molecular weight is 446 g/mol. The van der Waals surface area contributed by atoms with E-state index in [0.717, 1.165) is 47.4 Å². The molecule has 0 saturated carbocycles. The molecule has 0 bridgehead atoms. The van der Waals surface area contributed by atoms with Gasteiger partial charge < -0.3 is 15.0 Å². The molecule has 0 unspecified atom stereocenters. The van der Waals surface area contributed by atoms with E-state index >= 15 is 0 Å². The van der Waals surface area contributed by atoms with Gasteiger partial charge in [-0.25, -0.2) is 0 Å². The molecule has 136 valence electrons. The van der Waals surface area contributed by atoms with Gasteiger partial charge in [-0.15, -0.1) is 0 Å². The molecule has 0 fully saturated rings. The lowest BCUT2D eigenvalue weighted by Crippen LogP contribution is -2.21. The van der Waals surface area contributed by atoms with Gasteiger partial charge in [0, 0.05) is 32.2 Å². The monoisotopic (exact) mass is 444 g/mol. The first-order chi connectivity index (χ1) is 12.0. The fraction of sp³-hybridized carbons (Fsp3) is 0.368. The molecule has 0 heterocycles. The van der Waals surface area contributed by atoms with Crippen LogP contribution in [-0.2, 0) is 13.2 Å². The quantitative estimate of drug-likeness (QED) is 0.524. The highest BCUT2D eigenvalue weighted by Crippen LogP contribution is 2.28. The van der Waals surface area contributed by atoms with Crippen molar-refractivity contribution in [3.8, 4) is 5.75 Å². The maximum atomic E-state index is 6.22. The Bertz CT molecular complexity index is 675. The first kappa shape index (κ1) is 20.5. The highest BCUT2D eigenvalue weighted by atomic mass is 79.9. The summed E-state index contributed by atoms with van der Waals surface area (Å²) >= 11 is 16.0. The zero-order valence-electron chi connectivity index (χ0n) is 14.5. The van der Waals surface area contributed by atoms with Gasteiger partial charge in [0.15, 0.2) is 0 Å². The van der Waals surface area contributed by atoms with Crippen molar-refractivity contribution in [2.45, 2.75) is 19.6 Å². The van der Waals surface area contributed by atoms with Crippen LogP contribution >= 0.6 is 39.1 Å². The Kier molecular flexibility index (Phi) is 8.53. The highest BCUT2D eigenvalue weighted by Gasteiger charge is 2.09. The number of hydrogen-bond donors (Lipinski definition) is 1. The van der Waals surface area contributed by atoms with Gasteiger partial charge in [-0.1, -0.05) is 45.2 Å². The maximum absolute atomic E-state index is 6.22. The third-order valence-corrected chi connectivity index (χ3v) is 4.93. The molecule has 0 saturated heterocycles. The van der Waals surface area contributed by atoms with Gasteiger partial charge in [-0.3, -0.25) is 0 Å². The first-order valence-electron chi connectivity index (χ1n) is 8.17. The predicted molar refractivity (Wildman–Crippen MR) is 110 cm³/mol. The van der Waals surface area contributed by atoms with Crippen LogP contribution in [0.5, 0.6) is 5.75 Å². The van der Waals surface area contributed by atoms with Crippen LogP contribution in [0.1, 0.15) is 17.5 Å². The molecular formula is C19H23BrCl2N2O. The lowest BCUT2D eigenvalue weighted by molar-refractivity contribution is 0.302. The van der Waals surface area contributed by atoms with E-state index in [1.54, 1.807) is 0 Å². The van der Waals surface area contributed by atoms with E-state index in [-0.39, 0.29) is 0 Å². The molecule has 0 radical (unpaired) electrons. The number of rotatable bonds is 9. The van der Waals surface area contributed by atoms with E-state index in [1.807, 2.05) is 30.3 Å². The zero-order chi connectivity index (χ0) is 18.2. The molecule has 6 heteroatoms. The van der Waals surface area contributed by atoms with Gasteiger partial charge in [0.25, 0.3) is 0 Å². The van der Waals surface area contributed by atoms with Crippen LogP contribution in [0, 0.1) is 0 Å². The number of ether oxygens (including phenoxy) is 1. The number of benzene rings is 2. The number of halogens is 3.